The van der Waals surface area contributed by atoms with Crippen LogP contribution in [0.25, 0.3) is 0 Å². The van der Waals surface area contributed by atoms with Gasteiger partial charge in [0.1, 0.15) is 0 Å². The molecule has 5 aliphatic rings. The molecule has 2 N–H and O–H groups in total. The van der Waals surface area contributed by atoms with Gasteiger partial charge in [-0.1, -0.05) is 53.4 Å². The highest BCUT2D eigenvalue weighted by Gasteiger charge is 2.62. The number of ether oxygens (including phenoxy) is 1. The Hall–Kier alpha value is -0.820. The summed E-state index contributed by atoms with van der Waals surface area (Å²) in [4.78, 5) is 12.2. The van der Waals surface area contributed by atoms with Gasteiger partial charge in [-0.25, -0.2) is 17.9 Å². The lowest BCUT2D eigenvalue weighted by Gasteiger charge is -2.63. The number of hydrogen-bond donors (Lipinski definition) is 2. The van der Waals surface area contributed by atoms with E-state index < -0.39 is 21.4 Å². The van der Waals surface area contributed by atoms with Gasteiger partial charge in [0.2, 0.25) is 10.0 Å². The predicted molar refractivity (Wildman–Crippen MR) is 159 cm³/mol. The maximum Gasteiger partial charge on any atom is 0.420 e. The Kier molecular flexibility index (Phi) is 9.23. The second kappa shape index (κ2) is 12.1. The van der Waals surface area contributed by atoms with Crippen LogP contribution >= 0.6 is 0 Å². The van der Waals surface area contributed by atoms with E-state index in [1.165, 1.54) is 44.9 Å². The number of carbonyl (C=O) groups is 1. The first kappa shape index (κ1) is 30.6. The average Bonchev–Trinajstić information content (AvgIpc) is 3.29. The molecule has 1 amide bonds. The van der Waals surface area contributed by atoms with Gasteiger partial charge >= 0.3 is 6.09 Å². The molecule has 0 aliphatic heterocycles. The zero-order valence-electron chi connectivity index (χ0n) is 25.7. The van der Waals surface area contributed by atoms with E-state index >= 15 is 0 Å². The number of rotatable bonds is 8. The van der Waals surface area contributed by atoms with Crippen LogP contribution in [0.5, 0.6) is 0 Å². The third-order valence-electron chi connectivity index (χ3n) is 13.4. The van der Waals surface area contributed by atoms with Gasteiger partial charge in [-0.3, -0.25) is 0 Å². The molecule has 7 heteroatoms. The highest BCUT2D eigenvalue weighted by molar-refractivity contribution is 7.90. The van der Waals surface area contributed by atoms with Crippen LogP contribution in [0, 0.1) is 52.3 Å². The summed E-state index contributed by atoms with van der Waals surface area (Å²) < 4.78 is 32.5. The summed E-state index contributed by atoms with van der Waals surface area (Å²) >= 11 is 0. The molecular weight excluding hydrogens is 522 g/mol. The first-order valence-electron chi connectivity index (χ1n) is 16.9. The van der Waals surface area contributed by atoms with Crippen LogP contribution < -0.4 is 4.72 Å². The maximum atomic E-state index is 12.5. The van der Waals surface area contributed by atoms with Crippen LogP contribution in [0.2, 0.25) is 0 Å². The van der Waals surface area contributed by atoms with Crippen LogP contribution in [0.1, 0.15) is 130 Å². The van der Waals surface area contributed by atoms with E-state index in [0.717, 1.165) is 68.6 Å². The minimum Gasteiger partial charge on any atom is -0.449 e. The summed E-state index contributed by atoms with van der Waals surface area (Å²) in [7, 11) is -3.64. The number of aliphatic hydroxyl groups is 1. The van der Waals surface area contributed by atoms with Crippen molar-refractivity contribution in [2.45, 2.75) is 142 Å². The van der Waals surface area contributed by atoms with Crippen LogP contribution in [0.15, 0.2) is 0 Å². The Morgan fingerprint density at radius 3 is 2.38 bits per heavy atom. The van der Waals surface area contributed by atoms with Crippen molar-refractivity contribution < 1.29 is 23.1 Å². The zero-order valence-corrected chi connectivity index (χ0v) is 26.5. The van der Waals surface area contributed by atoms with Crippen molar-refractivity contribution in [2.75, 3.05) is 6.61 Å². The third-order valence-corrected chi connectivity index (χ3v) is 15.2. The fourth-order valence-electron chi connectivity index (χ4n) is 11.3. The molecule has 0 saturated heterocycles. The number of hydrogen-bond acceptors (Lipinski definition) is 5. The molecule has 0 aromatic carbocycles. The van der Waals surface area contributed by atoms with Gasteiger partial charge in [0.15, 0.2) is 0 Å². The predicted octanol–water partition coefficient (Wildman–Crippen LogP) is 7.45. The van der Waals surface area contributed by atoms with Gasteiger partial charge < -0.3 is 9.84 Å². The molecule has 5 rings (SSSR count). The molecule has 0 bridgehead atoms. The van der Waals surface area contributed by atoms with Crippen molar-refractivity contribution in [1.82, 2.24) is 4.72 Å². The number of sulfonamides is 1. The maximum absolute atomic E-state index is 12.5. The minimum absolute atomic E-state index is 0.0920. The van der Waals surface area contributed by atoms with Crippen LogP contribution in [-0.2, 0) is 14.8 Å². The molecule has 0 aromatic rings. The lowest BCUT2D eigenvalue weighted by Crippen LogP contribution is -2.56. The monoisotopic (exact) mass is 579 g/mol. The van der Waals surface area contributed by atoms with Crippen LogP contribution in [0.3, 0.4) is 0 Å². The van der Waals surface area contributed by atoms with Gasteiger partial charge in [0, 0.05) is 0 Å². The Morgan fingerprint density at radius 2 is 1.65 bits per heavy atom. The van der Waals surface area contributed by atoms with E-state index in [1.807, 2.05) is 0 Å². The normalized spacial score (nSPS) is 42.8. The molecular formula is C33H57NO5S. The third kappa shape index (κ3) is 5.73. The number of carbonyl (C=O) groups excluding carboxylic acids is 1. The van der Waals surface area contributed by atoms with E-state index in [2.05, 4.69) is 32.4 Å². The molecule has 0 spiro atoms. The van der Waals surface area contributed by atoms with E-state index in [-0.39, 0.29) is 12.7 Å². The first-order chi connectivity index (χ1) is 19.0. The summed E-state index contributed by atoms with van der Waals surface area (Å²) in [5.41, 5.74) is 0.790. The van der Waals surface area contributed by atoms with Gasteiger partial charge in [0.05, 0.1) is 18.0 Å². The van der Waals surface area contributed by atoms with Crippen molar-refractivity contribution in [3.05, 3.63) is 0 Å². The Bertz CT molecular complexity index is 995. The van der Waals surface area contributed by atoms with Crippen molar-refractivity contribution >= 4 is 16.1 Å². The summed E-state index contributed by atoms with van der Waals surface area (Å²) in [6.45, 7) is 10.2. The number of amides is 1. The second-order valence-electron chi connectivity index (χ2n) is 15.2. The van der Waals surface area contributed by atoms with Gasteiger partial charge in [-0.15, -0.1) is 0 Å². The zero-order chi connectivity index (χ0) is 28.7. The van der Waals surface area contributed by atoms with Gasteiger partial charge in [-0.2, -0.15) is 0 Å². The van der Waals surface area contributed by atoms with Gasteiger partial charge in [0.25, 0.3) is 0 Å². The molecule has 1 unspecified atom stereocenters. The molecule has 5 saturated carbocycles. The Balaban J connectivity index is 1.14. The fraction of sp³-hybridized carbons (Fsp3) is 0.970. The topological polar surface area (TPSA) is 92.7 Å². The Labute approximate surface area is 244 Å². The number of fused-ring (bicyclic) bond motifs is 5. The minimum atomic E-state index is -3.64. The van der Waals surface area contributed by atoms with Crippen LogP contribution in [-0.4, -0.2) is 37.6 Å². The molecule has 40 heavy (non-hydrogen) atoms. The van der Waals surface area contributed by atoms with E-state index in [1.54, 1.807) is 0 Å². The molecule has 6 nitrogen and oxygen atoms in total. The van der Waals surface area contributed by atoms with Crippen LogP contribution in [0.4, 0.5) is 4.79 Å². The molecule has 0 heterocycles. The molecule has 5 fully saturated rings. The molecule has 0 aromatic heterocycles. The standard InChI is InChI=1S/C33H57NO5S/c1-5-23-20-26-28-14-13-27(32(28,3)18-16-29(26)33(4)17-15-24(35)21-30(23)33)22(2)10-9-19-39-31(36)34-40(37,38)25-11-7-6-8-12-25/h22-30,35H,5-21H2,1-4H3,(H,34,36)/t22-,23+,24-,26+,27-,28+,29+,30+,32-,33?/m1/s1. The largest absolute Gasteiger partial charge is 0.449 e. The van der Waals surface area contributed by atoms with Crippen molar-refractivity contribution in [2.24, 2.45) is 52.3 Å². The number of aliphatic hydroxyl groups excluding tert-OH is 1. The average molecular weight is 580 g/mol. The number of nitrogens with one attached hydrogen (secondary N) is 1. The van der Waals surface area contributed by atoms with Crippen molar-refractivity contribution in [1.29, 1.82) is 0 Å². The SMILES string of the molecule is CC[C@H]1C[C@@H]2[C@H](CC[C@]3(C)[C@@H]([C@H](C)CCCOC(=O)NS(=O)(=O)C4CCCCC4)CC[C@@H]23)C2(C)CC[C@@H](O)C[C@@H]12. The van der Waals surface area contributed by atoms with E-state index in [4.69, 9.17) is 4.74 Å². The van der Waals surface area contributed by atoms with Crippen molar-refractivity contribution in [3.63, 3.8) is 0 Å². The summed E-state index contributed by atoms with van der Waals surface area (Å²) in [6, 6.07) is 0. The summed E-state index contributed by atoms with van der Waals surface area (Å²) in [5.74, 6) is 5.18. The fourth-order valence-corrected chi connectivity index (χ4v) is 12.7. The van der Waals surface area contributed by atoms with Crippen molar-refractivity contribution in [3.8, 4) is 0 Å². The molecule has 230 valence electrons. The quantitative estimate of drug-likeness (QED) is 0.291. The molecule has 10 atom stereocenters. The highest BCUT2D eigenvalue weighted by Crippen LogP contribution is 2.69. The lowest BCUT2D eigenvalue weighted by molar-refractivity contribution is -0.152. The van der Waals surface area contributed by atoms with E-state index in [0.29, 0.717) is 41.4 Å². The summed E-state index contributed by atoms with van der Waals surface area (Å²) in [5, 5.41) is 10.1. The molecule has 0 radical (unpaired) electrons. The Morgan fingerprint density at radius 1 is 0.950 bits per heavy atom. The second-order valence-corrected chi connectivity index (χ2v) is 17.2. The lowest BCUT2D eigenvalue weighted by atomic mass is 9.42. The summed E-state index contributed by atoms with van der Waals surface area (Å²) in [6.07, 6.45) is 16.2. The first-order valence-corrected chi connectivity index (χ1v) is 18.4. The van der Waals surface area contributed by atoms with Gasteiger partial charge in [-0.05, 0) is 129 Å². The highest BCUT2D eigenvalue weighted by atomic mass is 32.2. The van der Waals surface area contributed by atoms with E-state index in [9.17, 15) is 18.3 Å². The smallest absolute Gasteiger partial charge is 0.420 e. The molecule has 5 aliphatic carbocycles.